The summed E-state index contributed by atoms with van der Waals surface area (Å²) in [5.41, 5.74) is 4.57. The van der Waals surface area contributed by atoms with Crippen molar-refractivity contribution in [2.45, 2.75) is 19.5 Å². The molecule has 8 nitrogen and oxygen atoms in total. The largest absolute Gasteiger partial charge is 0.490 e. The van der Waals surface area contributed by atoms with Gasteiger partial charge in [0.15, 0.2) is 5.96 Å². The van der Waals surface area contributed by atoms with Gasteiger partial charge in [-0.25, -0.2) is 9.59 Å². The molecule has 0 saturated carbocycles. The number of hydrogen-bond acceptors (Lipinski definition) is 4. The maximum Gasteiger partial charge on any atom is 0.490 e. The standard InChI is InChI=1S/C27H29ClN4O2.C2HF3O2/c1-20-10-11-23(28)19-25(20)31-14-16-32(17-15-31)27(29-13-12-21-6-3-2-4-7-21)30-24-9-5-8-22(18-24)26(33)34;3-2(4,5)1(6)7/h2-11,18-19H,12-17H2,1H3,(H,29,30)(H,33,34);(H,6,7). The van der Waals surface area contributed by atoms with Crippen LogP contribution in [0.2, 0.25) is 5.02 Å². The first kappa shape index (κ1) is 31.3. The lowest BCUT2D eigenvalue weighted by Crippen LogP contribution is -2.51. The minimum atomic E-state index is -5.08. The Balaban J connectivity index is 0.000000587. The number of aliphatic carboxylic acids is 1. The fourth-order valence-electron chi connectivity index (χ4n) is 4.10. The number of piperazine rings is 1. The van der Waals surface area contributed by atoms with Crippen LogP contribution in [0.3, 0.4) is 0 Å². The highest BCUT2D eigenvalue weighted by molar-refractivity contribution is 6.30. The molecule has 0 radical (unpaired) electrons. The van der Waals surface area contributed by atoms with E-state index in [2.05, 4.69) is 40.2 Å². The second-order valence-electron chi connectivity index (χ2n) is 9.16. The number of hydrogen-bond donors (Lipinski definition) is 3. The lowest BCUT2D eigenvalue weighted by Gasteiger charge is -2.38. The maximum atomic E-state index is 11.4. The molecule has 3 aromatic carbocycles. The number of anilines is 2. The molecule has 0 aromatic heterocycles. The smallest absolute Gasteiger partial charge is 0.478 e. The zero-order valence-corrected chi connectivity index (χ0v) is 23.0. The highest BCUT2D eigenvalue weighted by Gasteiger charge is 2.38. The van der Waals surface area contributed by atoms with Crippen LogP contribution in [0, 0.1) is 6.92 Å². The van der Waals surface area contributed by atoms with Crippen LogP contribution in [0.25, 0.3) is 0 Å². The van der Waals surface area contributed by atoms with Gasteiger partial charge in [0.05, 0.1) is 5.56 Å². The first-order chi connectivity index (χ1) is 19.4. The van der Waals surface area contributed by atoms with Crippen molar-refractivity contribution in [2.24, 2.45) is 4.99 Å². The number of aryl methyl sites for hydroxylation is 1. The molecule has 4 rings (SSSR count). The van der Waals surface area contributed by atoms with Gasteiger partial charge in [-0.2, -0.15) is 13.2 Å². The number of carboxylic acids is 2. The summed E-state index contributed by atoms with van der Waals surface area (Å²) < 4.78 is 31.7. The van der Waals surface area contributed by atoms with Gasteiger partial charge in [-0.1, -0.05) is 54.1 Å². The molecule has 1 fully saturated rings. The Bertz CT molecular complexity index is 1360. The van der Waals surface area contributed by atoms with Crippen molar-refractivity contribution in [2.75, 3.05) is 42.9 Å². The number of nitrogens with one attached hydrogen (secondary N) is 1. The summed E-state index contributed by atoms with van der Waals surface area (Å²) >= 11 is 6.24. The van der Waals surface area contributed by atoms with E-state index < -0.39 is 18.1 Å². The summed E-state index contributed by atoms with van der Waals surface area (Å²) in [6.45, 7) is 6.01. The highest BCUT2D eigenvalue weighted by atomic mass is 35.5. The van der Waals surface area contributed by atoms with E-state index in [1.807, 2.05) is 36.4 Å². The fourth-order valence-corrected chi connectivity index (χ4v) is 4.26. The third kappa shape index (κ3) is 9.71. The molecule has 3 aromatic rings. The SMILES string of the molecule is Cc1ccc(Cl)cc1N1CCN(C(=NCCc2ccccc2)Nc2cccc(C(=O)O)c2)CC1.O=C(O)C(F)(F)F. The summed E-state index contributed by atoms with van der Waals surface area (Å²) in [6.07, 6.45) is -4.25. The normalized spacial score (nSPS) is 13.7. The summed E-state index contributed by atoms with van der Waals surface area (Å²) in [7, 11) is 0. The number of rotatable bonds is 6. The summed E-state index contributed by atoms with van der Waals surface area (Å²) in [5, 5.41) is 20.6. The third-order valence-electron chi connectivity index (χ3n) is 6.20. The Morgan fingerprint density at radius 1 is 0.951 bits per heavy atom. The van der Waals surface area contributed by atoms with E-state index in [4.69, 9.17) is 26.5 Å². The van der Waals surface area contributed by atoms with Gasteiger partial charge in [-0.3, -0.25) is 4.99 Å². The highest BCUT2D eigenvalue weighted by Crippen LogP contribution is 2.25. The molecule has 0 amide bonds. The number of halogens is 4. The van der Waals surface area contributed by atoms with Crippen molar-refractivity contribution in [1.29, 1.82) is 0 Å². The Morgan fingerprint density at radius 3 is 2.22 bits per heavy atom. The Labute approximate surface area is 240 Å². The zero-order chi connectivity index (χ0) is 30.0. The number of alkyl halides is 3. The van der Waals surface area contributed by atoms with Crippen LogP contribution in [0.5, 0.6) is 0 Å². The summed E-state index contributed by atoms with van der Waals surface area (Å²) in [5.74, 6) is -2.94. The van der Waals surface area contributed by atoms with Gasteiger partial charge in [0, 0.05) is 49.1 Å². The average molecular weight is 591 g/mol. The topological polar surface area (TPSA) is 105 Å². The fraction of sp³-hybridized carbons (Fsp3) is 0.276. The van der Waals surface area contributed by atoms with Crippen LogP contribution >= 0.6 is 11.6 Å². The van der Waals surface area contributed by atoms with Gasteiger partial charge in [-0.05, 0) is 54.8 Å². The van der Waals surface area contributed by atoms with Crippen molar-refractivity contribution < 1.29 is 33.0 Å². The lowest BCUT2D eigenvalue weighted by atomic mass is 10.1. The van der Waals surface area contributed by atoms with Crippen molar-refractivity contribution in [1.82, 2.24) is 4.90 Å². The van der Waals surface area contributed by atoms with Crippen LogP contribution in [-0.4, -0.2) is 71.9 Å². The van der Waals surface area contributed by atoms with Gasteiger partial charge in [0.25, 0.3) is 0 Å². The van der Waals surface area contributed by atoms with E-state index in [9.17, 15) is 23.1 Å². The van der Waals surface area contributed by atoms with Crippen LogP contribution in [0.1, 0.15) is 21.5 Å². The van der Waals surface area contributed by atoms with E-state index in [-0.39, 0.29) is 5.56 Å². The van der Waals surface area contributed by atoms with Crippen LogP contribution in [0.4, 0.5) is 24.5 Å². The third-order valence-corrected chi connectivity index (χ3v) is 6.44. The molecular formula is C29H30ClF3N4O4. The van der Waals surface area contributed by atoms with Gasteiger partial charge >= 0.3 is 18.1 Å². The number of benzene rings is 3. The number of carbonyl (C=O) groups is 2. The monoisotopic (exact) mass is 590 g/mol. The molecule has 1 aliphatic heterocycles. The van der Waals surface area contributed by atoms with Gasteiger partial charge < -0.3 is 25.3 Å². The molecule has 1 saturated heterocycles. The molecule has 0 spiro atoms. The van der Waals surface area contributed by atoms with E-state index in [0.29, 0.717) is 12.2 Å². The Morgan fingerprint density at radius 2 is 1.61 bits per heavy atom. The molecule has 3 N–H and O–H groups in total. The van der Waals surface area contributed by atoms with Crippen LogP contribution in [-0.2, 0) is 11.2 Å². The predicted molar refractivity (Wildman–Crippen MR) is 153 cm³/mol. The molecule has 1 heterocycles. The molecule has 0 aliphatic carbocycles. The van der Waals surface area contributed by atoms with Gasteiger partial charge in [-0.15, -0.1) is 0 Å². The maximum absolute atomic E-state index is 11.4. The zero-order valence-electron chi connectivity index (χ0n) is 22.2. The van der Waals surface area contributed by atoms with Gasteiger partial charge in [0.1, 0.15) is 0 Å². The van der Waals surface area contributed by atoms with Crippen molar-refractivity contribution >= 4 is 40.9 Å². The second kappa shape index (κ2) is 14.4. The van der Waals surface area contributed by atoms with Crippen molar-refractivity contribution in [3.05, 3.63) is 94.5 Å². The number of nitrogens with zero attached hydrogens (tertiary/aromatic N) is 3. The minimum Gasteiger partial charge on any atom is -0.478 e. The second-order valence-corrected chi connectivity index (χ2v) is 9.60. The Kier molecular flexibility index (Phi) is 11.0. The number of guanidine groups is 1. The lowest BCUT2D eigenvalue weighted by molar-refractivity contribution is -0.192. The number of aliphatic imine (C=N–C) groups is 1. The van der Waals surface area contributed by atoms with E-state index in [1.54, 1.807) is 18.2 Å². The van der Waals surface area contributed by atoms with E-state index in [1.165, 1.54) is 11.1 Å². The molecule has 0 bridgehead atoms. The van der Waals surface area contributed by atoms with Crippen LogP contribution < -0.4 is 10.2 Å². The molecular weight excluding hydrogens is 561 g/mol. The number of carboxylic acid groups (broad SMARTS) is 2. The summed E-state index contributed by atoms with van der Waals surface area (Å²) in [4.78, 5) is 29.8. The molecule has 41 heavy (non-hydrogen) atoms. The quantitative estimate of drug-likeness (QED) is 0.246. The Hall–Kier alpha value is -4.25. The summed E-state index contributed by atoms with van der Waals surface area (Å²) in [6, 6.07) is 23.1. The molecule has 0 atom stereocenters. The van der Waals surface area contributed by atoms with Gasteiger partial charge in [0.2, 0.25) is 0 Å². The molecule has 1 aliphatic rings. The number of aromatic carboxylic acids is 1. The first-order valence-corrected chi connectivity index (χ1v) is 13.1. The molecule has 12 heteroatoms. The molecule has 218 valence electrons. The van der Waals surface area contributed by atoms with E-state index in [0.717, 1.165) is 49.3 Å². The van der Waals surface area contributed by atoms with Crippen molar-refractivity contribution in [3.8, 4) is 0 Å². The van der Waals surface area contributed by atoms with Crippen molar-refractivity contribution in [3.63, 3.8) is 0 Å². The van der Waals surface area contributed by atoms with E-state index >= 15 is 0 Å². The average Bonchev–Trinajstić information content (AvgIpc) is 2.94. The first-order valence-electron chi connectivity index (χ1n) is 12.7. The minimum absolute atomic E-state index is 0.245. The van der Waals surface area contributed by atoms with Crippen LogP contribution in [0.15, 0.2) is 77.8 Å². The predicted octanol–water partition coefficient (Wildman–Crippen LogP) is 5.81. The molecule has 0 unspecified atom stereocenters.